The second-order valence-electron chi connectivity index (χ2n) is 6.61. The van der Waals surface area contributed by atoms with Crippen LogP contribution in [0.5, 0.6) is 0 Å². The number of tetrazole rings is 1. The molecule has 2 aromatic heterocycles. The van der Waals surface area contributed by atoms with Crippen LogP contribution in [0.4, 0.5) is 0 Å². The molecule has 138 valence electrons. The Bertz CT molecular complexity index is 1010. The van der Waals surface area contributed by atoms with E-state index < -0.39 is 0 Å². The summed E-state index contributed by atoms with van der Waals surface area (Å²) in [5.41, 5.74) is 1.99. The number of benzene rings is 1. The van der Waals surface area contributed by atoms with Crippen molar-refractivity contribution in [3.05, 3.63) is 58.3 Å². The summed E-state index contributed by atoms with van der Waals surface area (Å²) in [6.07, 6.45) is 3.21. The number of amides is 1. The molecule has 1 fully saturated rings. The van der Waals surface area contributed by atoms with Crippen LogP contribution in [0.1, 0.15) is 34.8 Å². The SMILES string of the molecule is Cn1nnc(-c2ccc(C(=O)N3CCC[C@@H](c4cc(=O)[nH]cn4)C3)cc2)n1. The number of nitrogens with zero attached hydrogens (tertiary/aromatic N) is 6. The molecule has 1 atom stereocenters. The highest BCUT2D eigenvalue weighted by molar-refractivity contribution is 5.94. The van der Waals surface area contributed by atoms with Crippen LogP contribution in [0.2, 0.25) is 0 Å². The number of rotatable bonds is 3. The van der Waals surface area contributed by atoms with E-state index in [2.05, 4.69) is 25.4 Å². The van der Waals surface area contributed by atoms with Crippen LogP contribution >= 0.6 is 0 Å². The Balaban J connectivity index is 1.49. The third-order valence-corrected chi connectivity index (χ3v) is 4.72. The molecule has 3 aromatic rings. The van der Waals surface area contributed by atoms with Gasteiger partial charge >= 0.3 is 0 Å². The number of hydrogen-bond donors (Lipinski definition) is 1. The highest BCUT2D eigenvalue weighted by Gasteiger charge is 2.26. The summed E-state index contributed by atoms with van der Waals surface area (Å²) >= 11 is 0. The molecule has 3 heterocycles. The number of carbonyl (C=O) groups excluding carboxylic acids is 1. The molecule has 1 aliphatic heterocycles. The van der Waals surface area contributed by atoms with Crippen molar-refractivity contribution in [1.82, 2.24) is 35.1 Å². The van der Waals surface area contributed by atoms with Gasteiger partial charge in [-0.2, -0.15) is 4.80 Å². The van der Waals surface area contributed by atoms with Gasteiger partial charge in [0.05, 0.1) is 19.1 Å². The molecule has 0 spiro atoms. The maximum Gasteiger partial charge on any atom is 0.253 e. The van der Waals surface area contributed by atoms with E-state index in [1.807, 2.05) is 17.0 Å². The van der Waals surface area contributed by atoms with Gasteiger partial charge in [-0.3, -0.25) is 9.59 Å². The normalized spacial score (nSPS) is 17.1. The third kappa shape index (κ3) is 3.62. The van der Waals surface area contributed by atoms with Gasteiger partial charge in [-0.05, 0) is 30.2 Å². The zero-order chi connectivity index (χ0) is 18.8. The average molecular weight is 365 g/mol. The van der Waals surface area contributed by atoms with E-state index in [1.165, 1.54) is 17.2 Å². The molecule has 27 heavy (non-hydrogen) atoms. The zero-order valence-corrected chi connectivity index (χ0v) is 14.9. The predicted octanol–water partition coefficient (Wildman–Crippen LogP) is 0.980. The number of nitrogens with one attached hydrogen (secondary N) is 1. The smallest absolute Gasteiger partial charge is 0.253 e. The van der Waals surface area contributed by atoms with Crippen LogP contribution in [0, 0.1) is 0 Å². The van der Waals surface area contributed by atoms with Crippen molar-refractivity contribution in [3.8, 4) is 11.4 Å². The van der Waals surface area contributed by atoms with E-state index in [1.54, 1.807) is 19.2 Å². The molecule has 0 unspecified atom stereocenters. The van der Waals surface area contributed by atoms with Crippen LogP contribution in [-0.2, 0) is 7.05 Å². The molecular weight excluding hydrogens is 346 g/mol. The Morgan fingerprint density at radius 3 is 2.78 bits per heavy atom. The van der Waals surface area contributed by atoms with Crippen molar-refractivity contribution in [2.75, 3.05) is 13.1 Å². The summed E-state index contributed by atoms with van der Waals surface area (Å²) in [7, 11) is 1.70. The molecule has 0 aliphatic carbocycles. The maximum atomic E-state index is 12.9. The number of carbonyl (C=O) groups is 1. The van der Waals surface area contributed by atoms with Gasteiger partial charge < -0.3 is 9.88 Å². The number of aromatic nitrogens is 6. The maximum absolute atomic E-state index is 12.9. The summed E-state index contributed by atoms with van der Waals surface area (Å²) in [5.74, 6) is 0.575. The largest absolute Gasteiger partial charge is 0.338 e. The van der Waals surface area contributed by atoms with Crippen molar-refractivity contribution in [1.29, 1.82) is 0 Å². The number of piperidine rings is 1. The number of aromatic amines is 1. The first-order chi connectivity index (χ1) is 13.1. The first kappa shape index (κ1) is 17.1. The zero-order valence-electron chi connectivity index (χ0n) is 14.9. The molecule has 9 nitrogen and oxygen atoms in total. The van der Waals surface area contributed by atoms with Gasteiger partial charge in [0.25, 0.3) is 11.5 Å². The third-order valence-electron chi connectivity index (χ3n) is 4.72. The lowest BCUT2D eigenvalue weighted by Gasteiger charge is -2.32. The minimum Gasteiger partial charge on any atom is -0.338 e. The van der Waals surface area contributed by atoms with E-state index in [0.29, 0.717) is 24.5 Å². The molecular formula is C18H19N7O2. The summed E-state index contributed by atoms with van der Waals surface area (Å²) in [5, 5.41) is 11.9. The Morgan fingerprint density at radius 1 is 1.26 bits per heavy atom. The fourth-order valence-corrected chi connectivity index (χ4v) is 3.35. The van der Waals surface area contributed by atoms with E-state index in [-0.39, 0.29) is 17.4 Å². The highest BCUT2D eigenvalue weighted by atomic mass is 16.2. The molecule has 1 aliphatic rings. The van der Waals surface area contributed by atoms with Crippen molar-refractivity contribution in [3.63, 3.8) is 0 Å². The van der Waals surface area contributed by atoms with E-state index in [4.69, 9.17) is 0 Å². The van der Waals surface area contributed by atoms with Crippen LogP contribution in [0.25, 0.3) is 11.4 Å². The fourth-order valence-electron chi connectivity index (χ4n) is 3.35. The van der Waals surface area contributed by atoms with Gasteiger partial charge in [0.1, 0.15) is 0 Å². The predicted molar refractivity (Wildman–Crippen MR) is 97.0 cm³/mol. The molecule has 9 heteroatoms. The lowest BCUT2D eigenvalue weighted by molar-refractivity contribution is 0.0706. The average Bonchev–Trinajstić information content (AvgIpc) is 3.14. The van der Waals surface area contributed by atoms with Gasteiger partial charge in [-0.1, -0.05) is 12.1 Å². The van der Waals surface area contributed by atoms with Crippen LogP contribution in [-0.4, -0.2) is 54.1 Å². The van der Waals surface area contributed by atoms with E-state index in [9.17, 15) is 9.59 Å². The second kappa shape index (κ2) is 7.10. The molecule has 0 radical (unpaired) electrons. The molecule has 1 saturated heterocycles. The molecule has 1 amide bonds. The number of likely N-dealkylation sites (tertiary alicyclic amines) is 1. The molecule has 1 aromatic carbocycles. The fraction of sp³-hybridized carbons (Fsp3) is 0.333. The number of hydrogen-bond acceptors (Lipinski definition) is 6. The first-order valence-corrected chi connectivity index (χ1v) is 8.78. The monoisotopic (exact) mass is 365 g/mol. The lowest BCUT2D eigenvalue weighted by atomic mass is 9.94. The Morgan fingerprint density at radius 2 is 2.07 bits per heavy atom. The van der Waals surface area contributed by atoms with Crippen LogP contribution in [0.15, 0.2) is 41.5 Å². The molecule has 0 bridgehead atoms. The van der Waals surface area contributed by atoms with E-state index >= 15 is 0 Å². The van der Waals surface area contributed by atoms with Gasteiger partial charge in [0.2, 0.25) is 5.82 Å². The standard InChI is InChI=1S/C18H19N7O2/c1-24-22-17(21-23-24)12-4-6-13(7-5-12)18(27)25-8-2-3-14(10-25)15-9-16(26)20-11-19-15/h4-7,9,11,14H,2-3,8,10H2,1H3,(H,19,20,26)/t14-/m1/s1. The van der Waals surface area contributed by atoms with Crippen molar-refractivity contribution >= 4 is 5.91 Å². The van der Waals surface area contributed by atoms with Crippen LogP contribution in [0.3, 0.4) is 0 Å². The van der Waals surface area contributed by atoms with Gasteiger partial charge in [-0.15, -0.1) is 10.2 Å². The number of aryl methyl sites for hydroxylation is 1. The minimum atomic E-state index is -0.170. The Hall–Kier alpha value is -3.36. The van der Waals surface area contributed by atoms with Gasteiger partial charge in [0.15, 0.2) is 0 Å². The van der Waals surface area contributed by atoms with Gasteiger partial charge in [0, 0.05) is 36.2 Å². The summed E-state index contributed by atoms with van der Waals surface area (Å²) in [4.78, 5) is 34.4. The molecule has 0 saturated carbocycles. The van der Waals surface area contributed by atoms with Crippen molar-refractivity contribution in [2.45, 2.75) is 18.8 Å². The molecule has 4 rings (SSSR count). The van der Waals surface area contributed by atoms with Crippen molar-refractivity contribution in [2.24, 2.45) is 7.05 Å². The van der Waals surface area contributed by atoms with Crippen molar-refractivity contribution < 1.29 is 4.79 Å². The Labute approximate surface area is 155 Å². The number of H-pyrrole nitrogens is 1. The second-order valence-corrected chi connectivity index (χ2v) is 6.61. The van der Waals surface area contributed by atoms with Crippen LogP contribution < -0.4 is 5.56 Å². The van der Waals surface area contributed by atoms with Gasteiger partial charge in [-0.25, -0.2) is 4.98 Å². The summed E-state index contributed by atoms with van der Waals surface area (Å²) < 4.78 is 0. The first-order valence-electron chi connectivity index (χ1n) is 8.78. The highest BCUT2D eigenvalue weighted by Crippen LogP contribution is 2.26. The Kier molecular flexibility index (Phi) is 4.49. The topological polar surface area (TPSA) is 110 Å². The molecule has 1 N–H and O–H groups in total. The van der Waals surface area contributed by atoms with E-state index in [0.717, 1.165) is 24.1 Å². The lowest BCUT2D eigenvalue weighted by Crippen LogP contribution is -2.39. The summed E-state index contributed by atoms with van der Waals surface area (Å²) in [6.45, 7) is 1.26. The summed E-state index contributed by atoms with van der Waals surface area (Å²) in [6, 6.07) is 8.72. The minimum absolute atomic E-state index is 0.0248. The quantitative estimate of drug-likeness (QED) is 0.741.